The molecule has 1 atom stereocenters. The Balaban J connectivity index is 1.84. The van der Waals surface area contributed by atoms with Crippen LogP contribution in [0.5, 0.6) is 5.75 Å². The van der Waals surface area contributed by atoms with Crippen LogP contribution < -0.4 is 15.0 Å². The highest BCUT2D eigenvalue weighted by Crippen LogP contribution is 2.14. The Hall–Kier alpha value is -3.00. The number of anilines is 1. The fourth-order valence-electron chi connectivity index (χ4n) is 2.63. The van der Waals surface area contributed by atoms with Crippen molar-refractivity contribution < 1.29 is 28.0 Å². The van der Waals surface area contributed by atoms with E-state index in [4.69, 9.17) is 0 Å². The normalized spacial score (nSPS) is 11.8. The van der Waals surface area contributed by atoms with Crippen molar-refractivity contribution in [3.8, 4) is 5.75 Å². The van der Waals surface area contributed by atoms with Crippen molar-refractivity contribution >= 4 is 17.5 Å². The summed E-state index contributed by atoms with van der Waals surface area (Å²) in [4.78, 5) is 26.5. The Kier molecular flexibility index (Phi) is 7.45. The van der Waals surface area contributed by atoms with Gasteiger partial charge in [0.05, 0.1) is 7.05 Å². The van der Waals surface area contributed by atoms with Crippen LogP contribution in [0.4, 0.5) is 14.5 Å². The third-order valence-corrected chi connectivity index (χ3v) is 3.94. The summed E-state index contributed by atoms with van der Waals surface area (Å²) in [5.74, 6) is -0.167. The summed E-state index contributed by atoms with van der Waals surface area (Å²) < 4.78 is 28.6. The van der Waals surface area contributed by atoms with E-state index in [1.54, 1.807) is 50.5 Å². The van der Waals surface area contributed by atoms with Gasteiger partial charge in [0.15, 0.2) is 6.54 Å². The molecule has 0 saturated heterocycles. The molecule has 150 valence electrons. The van der Waals surface area contributed by atoms with Crippen molar-refractivity contribution in [2.45, 2.75) is 13.2 Å². The predicted octanol–water partition coefficient (Wildman–Crippen LogP) is 1.64. The van der Waals surface area contributed by atoms with Crippen molar-refractivity contribution in [3.05, 3.63) is 59.7 Å². The van der Waals surface area contributed by atoms with Crippen molar-refractivity contribution in [1.82, 2.24) is 4.90 Å². The van der Waals surface area contributed by atoms with Crippen molar-refractivity contribution in [3.63, 3.8) is 0 Å². The molecule has 0 bridgehead atoms. The van der Waals surface area contributed by atoms with Crippen molar-refractivity contribution in [1.29, 1.82) is 0 Å². The number of hydrogen-bond acceptors (Lipinski definition) is 3. The van der Waals surface area contributed by atoms with Gasteiger partial charge in [-0.05, 0) is 48.5 Å². The molecule has 0 spiro atoms. The van der Waals surface area contributed by atoms with Gasteiger partial charge in [0.25, 0.3) is 11.8 Å². The van der Waals surface area contributed by atoms with Crippen LogP contribution in [-0.2, 0) is 11.3 Å². The van der Waals surface area contributed by atoms with Crippen LogP contribution in [0.25, 0.3) is 0 Å². The van der Waals surface area contributed by atoms with E-state index >= 15 is 0 Å². The van der Waals surface area contributed by atoms with Crippen LogP contribution in [0.15, 0.2) is 48.5 Å². The predicted molar refractivity (Wildman–Crippen MR) is 102 cm³/mol. The summed E-state index contributed by atoms with van der Waals surface area (Å²) in [5.41, 5.74) is 2.06. The van der Waals surface area contributed by atoms with Gasteiger partial charge in [-0.15, -0.1) is 0 Å². The Morgan fingerprint density at radius 1 is 1.07 bits per heavy atom. The molecule has 0 aliphatic heterocycles. The molecule has 1 unspecified atom stereocenters. The number of benzene rings is 2. The molecule has 2 rings (SSSR count). The number of carbonyl (C=O) groups is 2. The molecular formula is C20H24F2N3O3+. The van der Waals surface area contributed by atoms with Crippen LogP contribution in [-0.4, -0.2) is 51.0 Å². The number of nitrogens with one attached hydrogen (secondary N) is 2. The van der Waals surface area contributed by atoms with Gasteiger partial charge in [0.2, 0.25) is 0 Å². The highest BCUT2D eigenvalue weighted by molar-refractivity contribution is 5.95. The van der Waals surface area contributed by atoms with E-state index in [1.807, 2.05) is 7.05 Å². The molecule has 2 N–H and O–H groups in total. The Morgan fingerprint density at radius 2 is 1.68 bits per heavy atom. The fraction of sp³-hybridized carbons (Fsp3) is 0.300. The van der Waals surface area contributed by atoms with Gasteiger partial charge in [-0.2, -0.15) is 8.78 Å². The first-order valence-corrected chi connectivity index (χ1v) is 8.71. The summed E-state index contributed by atoms with van der Waals surface area (Å²) in [6.07, 6.45) is 0. The number of quaternary nitrogens is 1. The third kappa shape index (κ3) is 6.62. The van der Waals surface area contributed by atoms with E-state index < -0.39 is 6.61 Å². The number of nitrogens with zero attached hydrogens (tertiary/aromatic N) is 1. The highest BCUT2D eigenvalue weighted by atomic mass is 19.3. The highest BCUT2D eigenvalue weighted by Gasteiger charge is 2.13. The van der Waals surface area contributed by atoms with Gasteiger partial charge in [-0.3, -0.25) is 9.59 Å². The van der Waals surface area contributed by atoms with Gasteiger partial charge in [0.1, 0.15) is 12.3 Å². The molecule has 2 amide bonds. The lowest BCUT2D eigenvalue weighted by Crippen LogP contribution is -3.08. The first-order valence-electron chi connectivity index (χ1n) is 8.71. The maximum absolute atomic E-state index is 12.2. The van der Waals surface area contributed by atoms with E-state index in [-0.39, 0.29) is 24.1 Å². The number of alkyl halides is 2. The SMILES string of the molecule is CN(C)C(=O)c1ccc(NC(=O)C[NH+](C)Cc2ccc(OC(F)F)cc2)cc1. The lowest BCUT2D eigenvalue weighted by Gasteiger charge is -2.15. The van der Waals surface area contributed by atoms with Crippen LogP contribution >= 0.6 is 0 Å². The average Bonchev–Trinajstić information content (AvgIpc) is 2.62. The summed E-state index contributed by atoms with van der Waals surface area (Å²) in [6.45, 7) is -2.07. The monoisotopic (exact) mass is 392 g/mol. The molecule has 0 aliphatic carbocycles. The van der Waals surface area contributed by atoms with Crippen molar-refractivity contribution in [2.75, 3.05) is 33.0 Å². The second-order valence-corrected chi connectivity index (χ2v) is 6.66. The number of amides is 2. The number of rotatable bonds is 8. The smallest absolute Gasteiger partial charge is 0.387 e. The molecule has 0 fully saturated rings. The van der Waals surface area contributed by atoms with Gasteiger partial charge < -0.3 is 19.9 Å². The maximum atomic E-state index is 12.2. The molecule has 2 aromatic rings. The lowest BCUT2D eigenvalue weighted by atomic mass is 10.2. The topological polar surface area (TPSA) is 63.1 Å². The molecule has 0 aliphatic rings. The molecular weight excluding hydrogens is 368 g/mol. The van der Waals surface area contributed by atoms with Crippen LogP contribution in [0.3, 0.4) is 0 Å². The molecule has 6 nitrogen and oxygen atoms in total. The lowest BCUT2D eigenvalue weighted by molar-refractivity contribution is -0.885. The number of likely N-dealkylation sites (N-methyl/N-ethyl adjacent to an activating group) is 1. The quantitative estimate of drug-likeness (QED) is 0.718. The Morgan fingerprint density at radius 3 is 2.21 bits per heavy atom. The maximum Gasteiger partial charge on any atom is 0.387 e. The first kappa shape index (κ1) is 21.3. The first-order chi connectivity index (χ1) is 13.2. The van der Waals surface area contributed by atoms with E-state index in [0.29, 0.717) is 17.8 Å². The third-order valence-electron chi connectivity index (χ3n) is 3.94. The molecule has 0 aromatic heterocycles. The van der Waals surface area contributed by atoms with Crippen molar-refractivity contribution in [2.24, 2.45) is 0 Å². The van der Waals surface area contributed by atoms with Gasteiger partial charge in [-0.1, -0.05) is 0 Å². The largest absolute Gasteiger partial charge is 0.435 e. The number of halogens is 2. The summed E-state index contributed by atoms with van der Waals surface area (Å²) in [5, 5.41) is 2.80. The standard InChI is InChI=1S/C20H23F2N3O3/c1-24(2)19(27)15-6-8-16(9-7-15)23-18(26)13-25(3)12-14-4-10-17(11-5-14)28-20(21)22/h4-11,20H,12-13H2,1-3H3,(H,23,26)/p+1. The number of hydrogen-bond donors (Lipinski definition) is 2. The molecule has 2 aromatic carbocycles. The van der Waals surface area contributed by atoms with Crippen LogP contribution in [0.1, 0.15) is 15.9 Å². The summed E-state index contributed by atoms with van der Waals surface area (Å²) >= 11 is 0. The minimum atomic E-state index is -2.85. The zero-order chi connectivity index (χ0) is 20.7. The fourth-order valence-corrected chi connectivity index (χ4v) is 2.63. The Labute approximate surface area is 162 Å². The van der Waals surface area contributed by atoms with E-state index in [9.17, 15) is 18.4 Å². The zero-order valence-corrected chi connectivity index (χ0v) is 16.0. The van der Waals surface area contributed by atoms with E-state index in [0.717, 1.165) is 10.5 Å². The van der Waals surface area contributed by atoms with Gasteiger partial charge >= 0.3 is 6.61 Å². The van der Waals surface area contributed by atoms with E-state index in [1.165, 1.54) is 17.0 Å². The van der Waals surface area contributed by atoms with E-state index in [2.05, 4.69) is 10.1 Å². The number of carbonyl (C=O) groups excluding carboxylic acids is 2. The Bertz CT molecular complexity index is 793. The molecule has 0 saturated carbocycles. The number of ether oxygens (including phenoxy) is 1. The van der Waals surface area contributed by atoms with Gasteiger partial charge in [0, 0.05) is 30.9 Å². The van der Waals surface area contributed by atoms with Gasteiger partial charge in [-0.25, -0.2) is 0 Å². The molecule has 8 heteroatoms. The minimum Gasteiger partial charge on any atom is -0.435 e. The summed E-state index contributed by atoms with van der Waals surface area (Å²) in [7, 11) is 5.22. The summed E-state index contributed by atoms with van der Waals surface area (Å²) in [6, 6.07) is 13.0. The molecule has 0 radical (unpaired) electrons. The van der Waals surface area contributed by atoms with Crippen LogP contribution in [0.2, 0.25) is 0 Å². The van der Waals surface area contributed by atoms with Crippen LogP contribution in [0, 0.1) is 0 Å². The molecule has 28 heavy (non-hydrogen) atoms. The second-order valence-electron chi connectivity index (χ2n) is 6.66. The second kappa shape index (κ2) is 9.80. The molecule has 0 heterocycles. The zero-order valence-electron chi connectivity index (χ0n) is 16.0. The average molecular weight is 392 g/mol. The minimum absolute atomic E-state index is 0.102.